The first-order valence-corrected chi connectivity index (χ1v) is 12.3. The fourth-order valence-electron chi connectivity index (χ4n) is 4.15. The van der Waals surface area contributed by atoms with Gasteiger partial charge >= 0.3 is 5.97 Å². The number of ether oxygens (including phenoxy) is 2. The molecule has 3 rings (SSSR count). The second kappa shape index (κ2) is 12.7. The van der Waals surface area contributed by atoms with E-state index in [0.717, 1.165) is 31.5 Å². The van der Waals surface area contributed by atoms with E-state index < -0.39 is 0 Å². The van der Waals surface area contributed by atoms with Crippen molar-refractivity contribution in [2.75, 3.05) is 19.7 Å². The molecule has 0 amide bonds. The third-order valence-electron chi connectivity index (χ3n) is 5.71. The highest BCUT2D eigenvalue weighted by Crippen LogP contribution is 2.30. The Hall–Kier alpha value is -2.87. The number of carbonyl (C=O) groups excluding carboxylic acids is 1. The number of benzene rings is 2. The molecule has 2 aromatic carbocycles. The standard InChI is InChI=1S/C27H34ClN3O4/c1-5-33-26(32)13-15-31-14-7-10-23-21(17-31)8-6-9-22(23)19(4)30-27(35-29)20-11-12-25(24(28)16-20)34-18(2)3/h6,8-9,11-12,16,18H,4-5,7,10,13-15,17,29H2,1-3H3/b30-27-. The summed E-state index contributed by atoms with van der Waals surface area (Å²) in [5.41, 5.74) is 4.54. The van der Waals surface area contributed by atoms with Crippen LogP contribution in [0, 0.1) is 0 Å². The summed E-state index contributed by atoms with van der Waals surface area (Å²) in [6.07, 6.45) is 2.26. The summed E-state index contributed by atoms with van der Waals surface area (Å²) in [7, 11) is 0. The maximum absolute atomic E-state index is 11.8. The van der Waals surface area contributed by atoms with Gasteiger partial charge < -0.3 is 14.3 Å². The van der Waals surface area contributed by atoms with Crippen molar-refractivity contribution in [1.82, 2.24) is 4.90 Å². The predicted octanol–water partition coefficient (Wildman–Crippen LogP) is 5.14. The number of hydrogen-bond acceptors (Lipinski definition) is 7. The lowest BCUT2D eigenvalue weighted by Crippen LogP contribution is -2.26. The van der Waals surface area contributed by atoms with Crippen LogP contribution in [0.5, 0.6) is 5.75 Å². The van der Waals surface area contributed by atoms with E-state index in [1.165, 1.54) is 11.1 Å². The minimum atomic E-state index is -0.161. The van der Waals surface area contributed by atoms with Crippen molar-refractivity contribution in [2.45, 2.75) is 52.7 Å². The first-order chi connectivity index (χ1) is 16.8. The zero-order valence-corrected chi connectivity index (χ0v) is 21.4. The maximum atomic E-state index is 11.8. The fraction of sp³-hybridized carbons (Fsp3) is 0.407. The Morgan fingerprint density at radius 2 is 2.09 bits per heavy atom. The number of hydrogen-bond donors (Lipinski definition) is 1. The number of esters is 1. The van der Waals surface area contributed by atoms with Crippen molar-refractivity contribution in [1.29, 1.82) is 0 Å². The Kier molecular flexibility index (Phi) is 9.72. The second-order valence-corrected chi connectivity index (χ2v) is 9.08. The number of nitrogens with two attached hydrogens (primary N) is 1. The zero-order valence-electron chi connectivity index (χ0n) is 20.7. The van der Waals surface area contributed by atoms with E-state index in [4.69, 9.17) is 31.8 Å². The molecule has 0 aliphatic carbocycles. The molecule has 2 aromatic rings. The van der Waals surface area contributed by atoms with Crippen LogP contribution >= 0.6 is 11.6 Å². The van der Waals surface area contributed by atoms with Crippen molar-refractivity contribution >= 4 is 29.2 Å². The van der Waals surface area contributed by atoms with Crippen LogP contribution in [-0.2, 0) is 27.3 Å². The Morgan fingerprint density at radius 1 is 1.29 bits per heavy atom. The minimum Gasteiger partial charge on any atom is -0.489 e. The quantitative estimate of drug-likeness (QED) is 0.222. The van der Waals surface area contributed by atoms with Gasteiger partial charge in [0.1, 0.15) is 5.75 Å². The molecular formula is C27H34ClN3O4. The van der Waals surface area contributed by atoms with Gasteiger partial charge in [0.25, 0.3) is 0 Å². The molecule has 188 valence electrons. The Morgan fingerprint density at radius 3 is 2.77 bits per heavy atom. The SMILES string of the molecule is C=C(/N=C(\ON)c1ccc(OC(C)C)c(Cl)c1)c1cccc2c1CCCN(CCC(=O)OCC)C2. The molecule has 1 heterocycles. The highest BCUT2D eigenvalue weighted by atomic mass is 35.5. The van der Waals surface area contributed by atoms with E-state index in [0.29, 0.717) is 41.6 Å². The Balaban J connectivity index is 1.80. The van der Waals surface area contributed by atoms with Crippen LogP contribution in [0.3, 0.4) is 0 Å². The molecule has 0 fully saturated rings. The number of halogens is 1. The van der Waals surface area contributed by atoms with Gasteiger partial charge in [0, 0.05) is 24.2 Å². The van der Waals surface area contributed by atoms with Crippen molar-refractivity contribution in [2.24, 2.45) is 10.9 Å². The highest BCUT2D eigenvalue weighted by molar-refractivity contribution is 6.32. The lowest BCUT2D eigenvalue weighted by Gasteiger charge is -2.20. The molecule has 0 atom stereocenters. The van der Waals surface area contributed by atoms with Crippen molar-refractivity contribution < 1.29 is 19.1 Å². The van der Waals surface area contributed by atoms with Crippen LogP contribution in [0.2, 0.25) is 5.02 Å². The molecule has 0 saturated heterocycles. The number of nitrogens with zero attached hydrogens (tertiary/aromatic N) is 2. The van der Waals surface area contributed by atoms with Gasteiger partial charge in [-0.15, -0.1) is 0 Å². The molecule has 0 spiro atoms. The smallest absolute Gasteiger partial charge is 0.307 e. The molecule has 35 heavy (non-hydrogen) atoms. The van der Waals surface area contributed by atoms with E-state index in [-0.39, 0.29) is 18.0 Å². The van der Waals surface area contributed by atoms with Crippen LogP contribution in [0.15, 0.2) is 48.0 Å². The van der Waals surface area contributed by atoms with E-state index in [9.17, 15) is 4.79 Å². The van der Waals surface area contributed by atoms with Crippen LogP contribution in [-0.4, -0.2) is 42.6 Å². The van der Waals surface area contributed by atoms with Crippen LogP contribution < -0.4 is 10.6 Å². The second-order valence-electron chi connectivity index (χ2n) is 8.67. The monoisotopic (exact) mass is 499 g/mol. The first-order valence-electron chi connectivity index (χ1n) is 11.9. The summed E-state index contributed by atoms with van der Waals surface area (Å²) in [6, 6.07) is 11.4. The van der Waals surface area contributed by atoms with Crippen LogP contribution in [0.1, 0.15) is 55.9 Å². The normalized spacial score (nSPS) is 14.3. The number of rotatable bonds is 9. The molecular weight excluding hydrogens is 466 g/mol. The summed E-state index contributed by atoms with van der Waals surface area (Å²) in [5, 5.41) is 0.447. The van der Waals surface area contributed by atoms with Crippen molar-refractivity contribution in [3.63, 3.8) is 0 Å². The molecule has 0 aromatic heterocycles. The Labute approximate surface area is 212 Å². The highest BCUT2D eigenvalue weighted by Gasteiger charge is 2.19. The minimum absolute atomic E-state index is 0.00597. The van der Waals surface area contributed by atoms with Crippen molar-refractivity contribution in [3.05, 3.63) is 70.3 Å². The number of aliphatic imine (C=N–C) groups is 1. The van der Waals surface area contributed by atoms with Gasteiger partial charge in [0.05, 0.1) is 29.9 Å². The molecule has 0 bridgehead atoms. The van der Waals surface area contributed by atoms with Gasteiger partial charge in [-0.05, 0) is 69.5 Å². The molecule has 8 heteroatoms. The fourth-order valence-corrected chi connectivity index (χ4v) is 4.37. The summed E-state index contributed by atoms with van der Waals surface area (Å²) < 4.78 is 10.8. The summed E-state index contributed by atoms with van der Waals surface area (Å²) in [5.74, 6) is 6.21. The van der Waals surface area contributed by atoms with Crippen molar-refractivity contribution in [3.8, 4) is 5.75 Å². The Bertz CT molecular complexity index is 1080. The van der Waals surface area contributed by atoms with Gasteiger partial charge in [-0.25, -0.2) is 4.99 Å². The van der Waals surface area contributed by atoms with Crippen LogP contribution in [0.4, 0.5) is 0 Å². The molecule has 1 aliphatic rings. The number of fused-ring (bicyclic) bond motifs is 1. The van der Waals surface area contributed by atoms with Gasteiger partial charge in [0.15, 0.2) is 0 Å². The van der Waals surface area contributed by atoms with Gasteiger partial charge in [0.2, 0.25) is 5.90 Å². The average Bonchev–Trinajstić information content (AvgIpc) is 3.04. The summed E-state index contributed by atoms with van der Waals surface area (Å²) >= 11 is 6.39. The van der Waals surface area contributed by atoms with E-state index >= 15 is 0 Å². The predicted molar refractivity (Wildman–Crippen MR) is 139 cm³/mol. The third kappa shape index (κ3) is 7.31. The maximum Gasteiger partial charge on any atom is 0.307 e. The molecule has 1 aliphatic heterocycles. The summed E-state index contributed by atoms with van der Waals surface area (Å²) in [6.45, 7) is 12.6. The largest absolute Gasteiger partial charge is 0.489 e. The molecule has 0 unspecified atom stereocenters. The average molecular weight is 500 g/mol. The molecule has 7 nitrogen and oxygen atoms in total. The van der Waals surface area contributed by atoms with Gasteiger partial charge in [-0.2, -0.15) is 5.90 Å². The van der Waals surface area contributed by atoms with Gasteiger partial charge in [-0.3, -0.25) is 9.69 Å². The van der Waals surface area contributed by atoms with Crippen LogP contribution in [0.25, 0.3) is 5.70 Å². The van der Waals surface area contributed by atoms with E-state index in [1.54, 1.807) is 18.2 Å². The topological polar surface area (TPSA) is 86.4 Å². The summed E-state index contributed by atoms with van der Waals surface area (Å²) in [4.78, 5) is 23.8. The van der Waals surface area contributed by atoms with Gasteiger partial charge in [-0.1, -0.05) is 36.4 Å². The zero-order chi connectivity index (χ0) is 25.4. The lowest BCUT2D eigenvalue weighted by atomic mass is 9.96. The molecule has 0 radical (unpaired) electrons. The third-order valence-corrected chi connectivity index (χ3v) is 6.00. The van der Waals surface area contributed by atoms with E-state index in [1.807, 2.05) is 32.9 Å². The number of carbonyl (C=O) groups is 1. The molecule has 0 saturated carbocycles. The van der Waals surface area contributed by atoms with E-state index in [2.05, 4.69) is 22.5 Å². The lowest BCUT2D eigenvalue weighted by molar-refractivity contribution is -0.143. The first kappa shape index (κ1) is 26.7. The molecule has 2 N–H and O–H groups in total.